The first-order valence-corrected chi connectivity index (χ1v) is 11.1. The molecule has 0 bridgehead atoms. The molecule has 0 radical (unpaired) electrons. The predicted octanol–water partition coefficient (Wildman–Crippen LogP) is -3.19. The van der Waals surface area contributed by atoms with E-state index in [1.165, 1.54) is 0 Å². The van der Waals surface area contributed by atoms with E-state index in [1.807, 2.05) is 0 Å². The topological polar surface area (TPSA) is 273 Å². The van der Waals surface area contributed by atoms with Crippen molar-refractivity contribution in [2.75, 3.05) is 13.2 Å². The Morgan fingerprint density at radius 2 is 1.40 bits per heavy atom. The number of carboxylic acid groups (broad SMARTS) is 2. The van der Waals surface area contributed by atoms with Crippen LogP contribution in [0.3, 0.4) is 0 Å². The monoisotopic (exact) mass is 503 g/mol. The summed E-state index contributed by atoms with van der Waals surface area (Å²) in [7, 11) is 0. The number of nitrogens with one attached hydrogen (secondary N) is 3. The van der Waals surface area contributed by atoms with Gasteiger partial charge in [0.05, 0.1) is 6.61 Å². The Morgan fingerprint density at radius 3 is 1.89 bits per heavy atom. The summed E-state index contributed by atoms with van der Waals surface area (Å²) in [5.41, 5.74) is 15.9. The smallest absolute Gasteiger partial charge is 0.326 e. The van der Waals surface area contributed by atoms with Crippen LogP contribution in [0.4, 0.5) is 0 Å². The lowest BCUT2D eigenvalue weighted by atomic mass is 10.0. The number of hydrogen-bond donors (Lipinski definition) is 9. The van der Waals surface area contributed by atoms with Gasteiger partial charge in [-0.3, -0.25) is 24.2 Å². The first kappa shape index (κ1) is 31.5. The molecule has 15 heteroatoms. The number of nitrogens with zero attached hydrogens (tertiary/aromatic N) is 1. The Bertz CT molecular complexity index is 771. The zero-order valence-corrected chi connectivity index (χ0v) is 19.9. The molecule has 4 unspecified atom stereocenters. The SMILES string of the molecule is CC(C)CC(NC(=O)C(N)CO)C(=O)NC(CCC(=O)O)C(=O)NC(CCCN=C(N)N)C(=O)O. The van der Waals surface area contributed by atoms with E-state index in [1.54, 1.807) is 13.8 Å². The Labute approximate surface area is 202 Å². The number of nitrogens with two attached hydrogens (primary N) is 3. The second-order valence-electron chi connectivity index (χ2n) is 8.32. The van der Waals surface area contributed by atoms with E-state index in [-0.39, 0.29) is 44.1 Å². The molecule has 0 spiro atoms. The quantitative estimate of drug-likeness (QED) is 0.0541. The minimum absolute atomic E-state index is 0.0253. The Hall–Kier alpha value is -3.46. The minimum Gasteiger partial charge on any atom is -0.481 e. The van der Waals surface area contributed by atoms with Crippen LogP contribution in [0, 0.1) is 5.92 Å². The van der Waals surface area contributed by atoms with Gasteiger partial charge in [-0.25, -0.2) is 4.79 Å². The molecule has 0 fully saturated rings. The van der Waals surface area contributed by atoms with Gasteiger partial charge in [0.25, 0.3) is 0 Å². The zero-order chi connectivity index (χ0) is 27.1. The zero-order valence-electron chi connectivity index (χ0n) is 19.9. The molecule has 0 heterocycles. The summed E-state index contributed by atoms with van der Waals surface area (Å²) >= 11 is 0. The molecule has 0 aromatic carbocycles. The molecule has 0 aliphatic heterocycles. The largest absolute Gasteiger partial charge is 0.481 e. The third-order valence-corrected chi connectivity index (χ3v) is 4.71. The molecule has 0 saturated heterocycles. The van der Waals surface area contributed by atoms with Gasteiger partial charge in [-0.1, -0.05) is 13.8 Å². The lowest BCUT2D eigenvalue weighted by Crippen LogP contribution is -2.57. The van der Waals surface area contributed by atoms with Gasteiger partial charge in [-0.2, -0.15) is 0 Å². The average Bonchev–Trinajstić information content (AvgIpc) is 2.76. The van der Waals surface area contributed by atoms with Gasteiger partial charge in [0.2, 0.25) is 17.7 Å². The average molecular weight is 504 g/mol. The van der Waals surface area contributed by atoms with Crippen LogP contribution in [0.15, 0.2) is 4.99 Å². The van der Waals surface area contributed by atoms with E-state index in [0.29, 0.717) is 0 Å². The summed E-state index contributed by atoms with van der Waals surface area (Å²) < 4.78 is 0. The summed E-state index contributed by atoms with van der Waals surface area (Å²) in [5, 5.41) is 34.5. The number of aliphatic carboxylic acids is 2. The Morgan fingerprint density at radius 1 is 0.857 bits per heavy atom. The van der Waals surface area contributed by atoms with Crippen LogP contribution in [0.2, 0.25) is 0 Å². The van der Waals surface area contributed by atoms with Gasteiger partial charge >= 0.3 is 11.9 Å². The molecule has 4 atom stereocenters. The minimum atomic E-state index is -1.39. The molecule has 35 heavy (non-hydrogen) atoms. The number of carboxylic acids is 2. The fourth-order valence-corrected chi connectivity index (χ4v) is 2.91. The van der Waals surface area contributed by atoms with Crippen molar-refractivity contribution < 1.29 is 39.3 Å². The number of carbonyl (C=O) groups is 5. The standard InChI is InChI=1S/C20H37N7O8/c1-10(2)8-14(27-16(31)11(21)9-28)18(33)25-12(5-6-15(29)30)17(32)26-13(19(34)35)4-3-7-24-20(22)23/h10-14,28H,3-9,21H2,1-2H3,(H,25,33)(H,26,32)(H,27,31)(H,29,30)(H,34,35)(H4,22,23,24). The van der Waals surface area contributed by atoms with E-state index >= 15 is 0 Å². The van der Waals surface area contributed by atoms with Crippen LogP contribution in [0.1, 0.15) is 46.0 Å². The van der Waals surface area contributed by atoms with E-state index in [9.17, 15) is 29.1 Å². The van der Waals surface area contributed by atoms with E-state index in [2.05, 4.69) is 20.9 Å². The van der Waals surface area contributed by atoms with Gasteiger partial charge in [-0.05, 0) is 31.6 Å². The summed E-state index contributed by atoms with van der Waals surface area (Å²) in [4.78, 5) is 64.0. The van der Waals surface area contributed by atoms with Gasteiger partial charge in [0.1, 0.15) is 24.2 Å². The van der Waals surface area contributed by atoms with Crippen LogP contribution in [-0.2, 0) is 24.0 Å². The number of carbonyl (C=O) groups excluding carboxylic acids is 3. The van der Waals surface area contributed by atoms with E-state index in [0.717, 1.165) is 0 Å². The summed E-state index contributed by atoms with van der Waals surface area (Å²) in [5.74, 6) is -5.28. The van der Waals surface area contributed by atoms with Crippen molar-refractivity contribution in [3.63, 3.8) is 0 Å². The van der Waals surface area contributed by atoms with Crippen molar-refractivity contribution in [1.82, 2.24) is 16.0 Å². The normalized spacial score (nSPS) is 14.2. The molecule has 0 aliphatic carbocycles. The van der Waals surface area contributed by atoms with E-state index < -0.39 is 66.9 Å². The molecule has 0 rings (SSSR count). The van der Waals surface area contributed by atoms with Crippen molar-refractivity contribution in [1.29, 1.82) is 0 Å². The molecule has 200 valence electrons. The molecule has 12 N–H and O–H groups in total. The highest BCUT2D eigenvalue weighted by atomic mass is 16.4. The number of aliphatic hydroxyl groups excluding tert-OH is 1. The highest BCUT2D eigenvalue weighted by molar-refractivity contribution is 5.94. The van der Waals surface area contributed by atoms with Gasteiger partial charge in [0, 0.05) is 13.0 Å². The molecule has 0 aromatic rings. The molecule has 0 aromatic heterocycles. The van der Waals surface area contributed by atoms with Crippen LogP contribution in [0.25, 0.3) is 0 Å². The summed E-state index contributed by atoms with van der Waals surface area (Å²) in [6, 6.07) is -5.13. The van der Waals surface area contributed by atoms with Crippen LogP contribution < -0.4 is 33.2 Å². The van der Waals surface area contributed by atoms with Crippen molar-refractivity contribution in [2.45, 2.75) is 70.1 Å². The third-order valence-electron chi connectivity index (χ3n) is 4.71. The lowest BCUT2D eigenvalue weighted by molar-refractivity contribution is -0.143. The highest BCUT2D eigenvalue weighted by Crippen LogP contribution is 2.08. The fourth-order valence-electron chi connectivity index (χ4n) is 2.91. The molecule has 3 amide bonds. The lowest BCUT2D eigenvalue weighted by Gasteiger charge is -2.25. The molecular formula is C20H37N7O8. The third kappa shape index (κ3) is 13.7. The van der Waals surface area contributed by atoms with Gasteiger partial charge < -0.3 is 48.5 Å². The number of aliphatic hydroxyl groups is 1. The van der Waals surface area contributed by atoms with Crippen molar-refractivity contribution in [3.05, 3.63) is 0 Å². The van der Waals surface area contributed by atoms with Crippen molar-refractivity contribution in [2.24, 2.45) is 28.1 Å². The van der Waals surface area contributed by atoms with Crippen LogP contribution >= 0.6 is 0 Å². The predicted molar refractivity (Wildman–Crippen MR) is 125 cm³/mol. The number of aliphatic imine (C=N–C) groups is 1. The Balaban J connectivity index is 5.50. The summed E-state index contributed by atoms with van der Waals surface area (Å²) in [6.07, 6.45) is -0.452. The van der Waals surface area contributed by atoms with Gasteiger partial charge in [-0.15, -0.1) is 0 Å². The molecule has 0 saturated carbocycles. The maximum atomic E-state index is 12.9. The highest BCUT2D eigenvalue weighted by Gasteiger charge is 2.30. The molecule has 0 aliphatic rings. The fraction of sp³-hybridized carbons (Fsp3) is 0.700. The number of hydrogen-bond acceptors (Lipinski definition) is 8. The van der Waals surface area contributed by atoms with Crippen molar-refractivity contribution in [3.8, 4) is 0 Å². The van der Waals surface area contributed by atoms with Crippen molar-refractivity contribution >= 4 is 35.6 Å². The number of rotatable bonds is 17. The maximum absolute atomic E-state index is 12.9. The van der Waals surface area contributed by atoms with Crippen LogP contribution in [-0.4, -0.2) is 88.3 Å². The second kappa shape index (κ2) is 16.2. The molecule has 15 nitrogen and oxygen atoms in total. The van der Waals surface area contributed by atoms with Crippen LogP contribution in [0.5, 0.6) is 0 Å². The first-order chi connectivity index (χ1) is 16.3. The van der Waals surface area contributed by atoms with Gasteiger partial charge in [0.15, 0.2) is 5.96 Å². The summed E-state index contributed by atoms with van der Waals surface area (Å²) in [6.45, 7) is 3.05. The second-order valence-corrected chi connectivity index (χ2v) is 8.32. The first-order valence-electron chi connectivity index (χ1n) is 11.1. The molecular weight excluding hydrogens is 466 g/mol. The number of guanidine groups is 1. The van der Waals surface area contributed by atoms with E-state index in [4.69, 9.17) is 27.4 Å². The Kier molecular flexibility index (Phi) is 14.6. The number of amides is 3. The maximum Gasteiger partial charge on any atom is 0.326 e.